The van der Waals surface area contributed by atoms with Gasteiger partial charge in [0.2, 0.25) is 11.8 Å². The van der Waals surface area contributed by atoms with E-state index in [2.05, 4.69) is 5.32 Å². The molecule has 0 aliphatic carbocycles. The van der Waals surface area contributed by atoms with Crippen LogP contribution in [0.25, 0.3) is 0 Å². The highest BCUT2D eigenvalue weighted by atomic mass is 35.5. The Labute approximate surface area is 168 Å². The van der Waals surface area contributed by atoms with Crippen molar-refractivity contribution in [2.75, 3.05) is 53.5 Å². The molecule has 3 heterocycles. The van der Waals surface area contributed by atoms with Crippen LogP contribution in [0.3, 0.4) is 0 Å². The number of nitrogens with one attached hydrogen (secondary N) is 1. The highest BCUT2D eigenvalue weighted by Crippen LogP contribution is 2.34. The van der Waals surface area contributed by atoms with Gasteiger partial charge in [0, 0.05) is 53.4 Å². The van der Waals surface area contributed by atoms with Gasteiger partial charge < -0.3 is 24.6 Å². The molecule has 0 aromatic heterocycles. The summed E-state index contributed by atoms with van der Waals surface area (Å²) in [5.74, 6) is 0.210. The molecule has 2 amide bonds. The summed E-state index contributed by atoms with van der Waals surface area (Å²) in [6.45, 7) is 4.20. The molecule has 3 atom stereocenters. The molecule has 3 rings (SSSR count). The number of ether oxygens (including phenoxy) is 2. The van der Waals surface area contributed by atoms with Gasteiger partial charge in [-0.25, -0.2) is 0 Å². The fourth-order valence-electron chi connectivity index (χ4n) is 4.56. The molecule has 3 saturated heterocycles. The van der Waals surface area contributed by atoms with Gasteiger partial charge in [-0.2, -0.15) is 0 Å². The first-order valence-electron chi connectivity index (χ1n) is 9.91. The van der Waals surface area contributed by atoms with Gasteiger partial charge in [-0.3, -0.25) is 9.59 Å². The number of rotatable bonds is 5. The number of methoxy groups -OCH3 is 2. The maximum atomic E-state index is 13.4. The third-order valence-corrected chi connectivity index (χ3v) is 6.25. The van der Waals surface area contributed by atoms with Gasteiger partial charge in [0.25, 0.3) is 0 Å². The summed E-state index contributed by atoms with van der Waals surface area (Å²) >= 11 is 0. The van der Waals surface area contributed by atoms with Crippen LogP contribution in [0.1, 0.15) is 38.5 Å². The molecular formula is C19H34ClN3O4. The number of amides is 2. The van der Waals surface area contributed by atoms with E-state index in [4.69, 9.17) is 9.47 Å². The van der Waals surface area contributed by atoms with E-state index in [9.17, 15) is 9.59 Å². The summed E-state index contributed by atoms with van der Waals surface area (Å²) < 4.78 is 10.9. The molecule has 8 heteroatoms. The van der Waals surface area contributed by atoms with Crippen LogP contribution in [0.2, 0.25) is 0 Å². The molecular weight excluding hydrogens is 370 g/mol. The Balaban J connectivity index is 0.00000261. The van der Waals surface area contributed by atoms with Crippen LogP contribution in [0.4, 0.5) is 0 Å². The minimum absolute atomic E-state index is 0. The lowest BCUT2D eigenvalue weighted by Gasteiger charge is -2.39. The van der Waals surface area contributed by atoms with Crippen LogP contribution in [-0.4, -0.2) is 87.3 Å². The van der Waals surface area contributed by atoms with Crippen molar-refractivity contribution in [2.24, 2.45) is 5.41 Å². The van der Waals surface area contributed by atoms with E-state index in [1.54, 1.807) is 14.2 Å². The molecule has 3 fully saturated rings. The number of carbonyl (C=O) groups excluding carboxylic acids is 2. The van der Waals surface area contributed by atoms with Gasteiger partial charge in [-0.15, -0.1) is 12.4 Å². The number of hydrogen-bond acceptors (Lipinski definition) is 5. The van der Waals surface area contributed by atoms with Crippen molar-refractivity contribution in [3.8, 4) is 0 Å². The second-order valence-corrected chi connectivity index (χ2v) is 7.97. The topological polar surface area (TPSA) is 71.1 Å². The molecule has 0 saturated carbocycles. The predicted molar refractivity (Wildman–Crippen MR) is 105 cm³/mol. The van der Waals surface area contributed by atoms with Crippen molar-refractivity contribution in [1.82, 2.24) is 15.1 Å². The number of nitrogens with zero attached hydrogens (tertiary/aromatic N) is 2. The Morgan fingerprint density at radius 1 is 1.04 bits per heavy atom. The van der Waals surface area contributed by atoms with Crippen molar-refractivity contribution >= 4 is 24.2 Å². The van der Waals surface area contributed by atoms with Crippen molar-refractivity contribution in [1.29, 1.82) is 0 Å². The zero-order valence-corrected chi connectivity index (χ0v) is 17.4. The summed E-state index contributed by atoms with van der Waals surface area (Å²) in [7, 11) is 3.41. The predicted octanol–water partition coefficient (Wildman–Crippen LogP) is 1.05. The lowest BCUT2D eigenvalue weighted by Crippen LogP contribution is -2.53. The Morgan fingerprint density at radius 2 is 1.63 bits per heavy atom. The second-order valence-electron chi connectivity index (χ2n) is 7.97. The molecule has 3 unspecified atom stereocenters. The normalized spacial score (nSPS) is 31.5. The minimum atomic E-state index is -0.604. The summed E-state index contributed by atoms with van der Waals surface area (Å²) in [4.78, 5) is 30.1. The third kappa shape index (κ3) is 5.13. The third-order valence-electron chi connectivity index (χ3n) is 6.25. The fourth-order valence-corrected chi connectivity index (χ4v) is 4.56. The van der Waals surface area contributed by atoms with Crippen LogP contribution in [-0.2, 0) is 19.1 Å². The lowest BCUT2D eigenvalue weighted by atomic mass is 9.80. The average molecular weight is 404 g/mol. The first kappa shape index (κ1) is 22.4. The molecule has 0 bridgehead atoms. The average Bonchev–Trinajstić information content (AvgIpc) is 3.17. The Hall–Kier alpha value is -0.890. The first-order chi connectivity index (χ1) is 12.6. The van der Waals surface area contributed by atoms with E-state index in [0.717, 1.165) is 51.7 Å². The van der Waals surface area contributed by atoms with Gasteiger partial charge >= 0.3 is 0 Å². The van der Waals surface area contributed by atoms with E-state index in [1.165, 1.54) is 0 Å². The Morgan fingerprint density at radius 3 is 2.19 bits per heavy atom. The zero-order chi connectivity index (χ0) is 18.6. The molecule has 0 aromatic rings. The number of carbonyl (C=O) groups is 2. The molecule has 27 heavy (non-hydrogen) atoms. The van der Waals surface area contributed by atoms with Crippen LogP contribution in [0.15, 0.2) is 0 Å². The molecule has 0 aromatic carbocycles. The van der Waals surface area contributed by atoms with Gasteiger partial charge in [-0.1, -0.05) is 0 Å². The quantitative estimate of drug-likeness (QED) is 0.743. The fraction of sp³-hybridized carbons (Fsp3) is 0.895. The summed E-state index contributed by atoms with van der Waals surface area (Å²) in [5.41, 5.74) is -0.604. The first-order valence-corrected chi connectivity index (χ1v) is 9.91. The van der Waals surface area contributed by atoms with Crippen LogP contribution < -0.4 is 5.32 Å². The molecule has 0 spiro atoms. The SMILES string of the molecule is COC1CCCN(C(=O)CC2(C(=O)N3CCCC(OC)C3)CCNC2)C1.Cl. The van der Waals surface area contributed by atoms with E-state index < -0.39 is 5.41 Å². The van der Waals surface area contributed by atoms with Gasteiger partial charge in [0.15, 0.2) is 0 Å². The second kappa shape index (κ2) is 10.0. The highest BCUT2D eigenvalue weighted by molar-refractivity contribution is 5.89. The largest absolute Gasteiger partial charge is 0.380 e. The Bertz CT molecular complexity index is 513. The van der Waals surface area contributed by atoms with E-state index in [0.29, 0.717) is 26.1 Å². The maximum absolute atomic E-state index is 13.4. The highest BCUT2D eigenvalue weighted by Gasteiger charge is 2.46. The molecule has 7 nitrogen and oxygen atoms in total. The number of halogens is 1. The maximum Gasteiger partial charge on any atom is 0.230 e. The standard InChI is InChI=1S/C19H33N3O4.ClH/c1-25-15-5-3-9-21(12-15)17(23)11-19(7-8-20-14-19)18(24)22-10-4-6-16(13-22)26-2;/h15-16,20H,3-14H2,1-2H3;1H. The molecule has 3 aliphatic heterocycles. The van der Waals surface area contributed by atoms with Gasteiger partial charge in [-0.05, 0) is 38.6 Å². The van der Waals surface area contributed by atoms with Crippen LogP contribution in [0, 0.1) is 5.41 Å². The van der Waals surface area contributed by atoms with Crippen molar-refractivity contribution in [3.63, 3.8) is 0 Å². The van der Waals surface area contributed by atoms with E-state index >= 15 is 0 Å². The smallest absolute Gasteiger partial charge is 0.230 e. The monoisotopic (exact) mass is 403 g/mol. The molecule has 0 radical (unpaired) electrons. The number of hydrogen-bond donors (Lipinski definition) is 1. The van der Waals surface area contributed by atoms with E-state index in [-0.39, 0.29) is 36.4 Å². The van der Waals surface area contributed by atoms with E-state index in [1.807, 2.05) is 9.80 Å². The van der Waals surface area contributed by atoms with Crippen molar-refractivity contribution < 1.29 is 19.1 Å². The van der Waals surface area contributed by atoms with Gasteiger partial charge in [0.1, 0.15) is 0 Å². The van der Waals surface area contributed by atoms with Crippen LogP contribution >= 0.6 is 12.4 Å². The number of piperidine rings is 2. The van der Waals surface area contributed by atoms with Crippen LogP contribution in [0.5, 0.6) is 0 Å². The summed E-state index contributed by atoms with van der Waals surface area (Å²) in [6.07, 6.45) is 5.17. The lowest BCUT2D eigenvalue weighted by molar-refractivity contribution is -0.150. The number of likely N-dealkylation sites (tertiary alicyclic amines) is 2. The Kier molecular flexibility index (Phi) is 8.34. The summed E-state index contributed by atoms with van der Waals surface area (Å²) in [6, 6.07) is 0. The zero-order valence-electron chi connectivity index (χ0n) is 16.6. The molecule has 3 aliphatic rings. The van der Waals surface area contributed by atoms with Gasteiger partial charge in [0.05, 0.1) is 17.6 Å². The molecule has 156 valence electrons. The minimum Gasteiger partial charge on any atom is -0.380 e. The summed E-state index contributed by atoms with van der Waals surface area (Å²) in [5, 5.41) is 3.31. The van der Waals surface area contributed by atoms with Crippen molar-refractivity contribution in [2.45, 2.75) is 50.7 Å². The molecule has 1 N–H and O–H groups in total. The van der Waals surface area contributed by atoms with Crippen molar-refractivity contribution in [3.05, 3.63) is 0 Å².